The number of H-pyrrole nitrogens is 1. The van der Waals surface area contributed by atoms with Crippen molar-refractivity contribution in [2.45, 2.75) is 26.7 Å². The number of hydrogen-bond acceptors (Lipinski definition) is 4. The van der Waals surface area contributed by atoms with Crippen molar-refractivity contribution in [2.75, 3.05) is 6.54 Å². The smallest absolute Gasteiger partial charge is 0.303 e. The molecule has 1 aromatic rings. The van der Waals surface area contributed by atoms with Gasteiger partial charge >= 0.3 is 5.97 Å². The molecule has 0 aliphatic heterocycles. The van der Waals surface area contributed by atoms with Crippen LogP contribution in [0.15, 0.2) is 0 Å². The van der Waals surface area contributed by atoms with Crippen LogP contribution in [0, 0.1) is 12.8 Å². The van der Waals surface area contributed by atoms with Gasteiger partial charge < -0.3 is 10.4 Å². The number of aryl methyl sites for hydroxylation is 1. The highest BCUT2D eigenvalue weighted by molar-refractivity contribution is 5.90. The van der Waals surface area contributed by atoms with Crippen molar-refractivity contribution in [3.8, 4) is 0 Å². The van der Waals surface area contributed by atoms with Gasteiger partial charge in [0.1, 0.15) is 5.82 Å². The Labute approximate surface area is 98.6 Å². The molecule has 7 nitrogen and oxygen atoms in total. The van der Waals surface area contributed by atoms with E-state index in [0.29, 0.717) is 18.8 Å². The summed E-state index contributed by atoms with van der Waals surface area (Å²) in [6, 6.07) is 0. The zero-order valence-electron chi connectivity index (χ0n) is 9.86. The van der Waals surface area contributed by atoms with Crippen molar-refractivity contribution in [1.29, 1.82) is 0 Å². The third-order valence-corrected chi connectivity index (χ3v) is 2.26. The molecule has 0 radical (unpaired) electrons. The summed E-state index contributed by atoms with van der Waals surface area (Å²) in [5, 5.41) is 17.5. The lowest BCUT2D eigenvalue weighted by atomic mass is 10.1. The lowest BCUT2D eigenvalue weighted by Gasteiger charge is -2.09. The van der Waals surface area contributed by atoms with E-state index in [1.165, 1.54) is 0 Å². The second-order valence-electron chi connectivity index (χ2n) is 3.99. The number of nitrogens with zero attached hydrogens (tertiary/aromatic N) is 2. The maximum absolute atomic E-state index is 11.5. The minimum atomic E-state index is -0.826. The molecule has 0 fully saturated rings. The molecule has 0 aliphatic rings. The summed E-state index contributed by atoms with van der Waals surface area (Å²) in [7, 11) is 0. The Hall–Kier alpha value is -1.92. The first kappa shape index (κ1) is 13.1. The number of aromatic amines is 1. The first-order valence-corrected chi connectivity index (χ1v) is 5.38. The molecule has 0 aromatic carbocycles. The van der Waals surface area contributed by atoms with Gasteiger partial charge in [-0.25, -0.2) is 4.98 Å². The van der Waals surface area contributed by atoms with Crippen molar-refractivity contribution in [2.24, 2.45) is 5.92 Å². The van der Waals surface area contributed by atoms with Crippen LogP contribution in [0.5, 0.6) is 0 Å². The van der Waals surface area contributed by atoms with Gasteiger partial charge in [0.25, 0.3) is 5.91 Å². The molecule has 0 bridgehead atoms. The van der Waals surface area contributed by atoms with E-state index in [1.807, 2.05) is 6.92 Å². The summed E-state index contributed by atoms with van der Waals surface area (Å²) in [6.07, 6.45) is 0.638. The third kappa shape index (κ3) is 4.62. The van der Waals surface area contributed by atoms with E-state index in [-0.39, 0.29) is 24.1 Å². The number of aliphatic carboxylic acids is 1. The maximum Gasteiger partial charge on any atom is 0.303 e. The molecule has 1 amide bonds. The van der Waals surface area contributed by atoms with Crippen LogP contribution in [0.4, 0.5) is 0 Å². The number of nitrogens with one attached hydrogen (secondary N) is 2. The first-order valence-electron chi connectivity index (χ1n) is 5.38. The van der Waals surface area contributed by atoms with E-state index in [0.717, 1.165) is 0 Å². The van der Waals surface area contributed by atoms with Crippen molar-refractivity contribution in [1.82, 2.24) is 20.5 Å². The lowest BCUT2D eigenvalue weighted by molar-refractivity contribution is -0.137. The molecule has 1 unspecified atom stereocenters. The van der Waals surface area contributed by atoms with Gasteiger partial charge in [-0.05, 0) is 19.3 Å². The molecule has 1 aromatic heterocycles. The molecular weight excluding hydrogens is 224 g/mol. The van der Waals surface area contributed by atoms with Crippen molar-refractivity contribution in [3.05, 3.63) is 11.6 Å². The second-order valence-corrected chi connectivity index (χ2v) is 3.99. The number of rotatable bonds is 6. The Kier molecular flexibility index (Phi) is 4.62. The number of aromatic nitrogens is 3. The molecule has 0 spiro atoms. The number of amides is 1. The second kappa shape index (κ2) is 5.97. The van der Waals surface area contributed by atoms with Gasteiger partial charge in [-0.3, -0.25) is 14.7 Å². The minimum absolute atomic E-state index is 0.105. The van der Waals surface area contributed by atoms with E-state index in [4.69, 9.17) is 5.11 Å². The van der Waals surface area contributed by atoms with Gasteiger partial charge in [0.05, 0.1) is 0 Å². The molecule has 0 saturated carbocycles. The number of carboxylic acid groups (broad SMARTS) is 1. The third-order valence-electron chi connectivity index (χ3n) is 2.26. The predicted octanol–water partition coefficient (Wildman–Crippen LogP) is 0.344. The van der Waals surface area contributed by atoms with Crippen molar-refractivity contribution >= 4 is 11.9 Å². The predicted molar refractivity (Wildman–Crippen MR) is 59.5 cm³/mol. The summed E-state index contributed by atoms with van der Waals surface area (Å²) in [5.41, 5.74) is 0. The fourth-order valence-electron chi connectivity index (χ4n) is 1.26. The average molecular weight is 240 g/mol. The Morgan fingerprint density at radius 3 is 2.76 bits per heavy atom. The van der Waals surface area contributed by atoms with Crippen molar-refractivity contribution < 1.29 is 14.7 Å². The van der Waals surface area contributed by atoms with Gasteiger partial charge in [-0.1, -0.05) is 6.92 Å². The van der Waals surface area contributed by atoms with Gasteiger partial charge in [-0.15, -0.1) is 5.10 Å². The highest BCUT2D eigenvalue weighted by Crippen LogP contribution is 2.04. The topological polar surface area (TPSA) is 108 Å². The maximum atomic E-state index is 11.5. The van der Waals surface area contributed by atoms with Crippen molar-refractivity contribution in [3.63, 3.8) is 0 Å². The minimum Gasteiger partial charge on any atom is -0.481 e. The Morgan fingerprint density at radius 2 is 2.24 bits per heavy atom. The molecule has 1 rings (SSSR count). The number of carbonyl (C=O) groups excluding carboxylic acids is 1. The average Bonchev–Trinajstić information content (AvgIpc) is 2.70. The number of carbonyl (C=O) groups is 2. The Bertz CT molecular complexity index is 402. The van der Waals surface area contributed by atoms with Gasteiger partial charge in [0.2, 0.25) is 5.82 Å². The number of hydrogen-bond donors (Lipinski definition) is 3. The zero-order valence-corrected chi connectivity index (χ0v) is 9.86. The van der Waals surface area contributed by atoms with Crippen LogP contribution < -0.4 is 5.32 Å². The van der Waals surface area contributed by atoms with Crippen LogP contribution in [-0.4, -0.2) is 38.7 Å². The van der Waals surface area contributed by atoms with E-state index in [1.54, 1.807) is 6.92 Å². The summed E-state index contributed by atoms with van der Waals surface area (Å²) in [4.78, 5) is 25.8. The SMILES string of the molecule is Cc1nc(C(=O)NCC(C)CCC(=O)O)n[nH]1. The summed E-state index contributed by atoms with van der Waals surface area (Å²) in [6.45, 7) is 4.01. The van der Waals surface area contributed by atoms with Gasteiger partial charge in [0, 0.05) is 13.0 Å². The van der Waals surface area contributed by atoms with E-state index in [2.05, 4.69) is 20.5 Å². The fraction of sp³-hybridized carbons (Fsp3) is 0.600. The molecule has 0 saturated heterocycles. The molecule has 94 valence electrons. The summed E-state index contributed by atoms with van der Waals surface area (Å²) in [5.74, 6) is -0.388. The van der Waals surface area contributed by atoms with E-state index in [9.17, 15) is 9.59 Å². The fourth-order valence-corrected chi connectivity index (χ4v) is 1.26. The van der Waals surface area contributed by atoms with Gasteiger partial charge in [-0.2, -0.15) is 0 Å². The molecule has 3 N–H and O–H groups in total. The van der Waals surface area contributed by atoms with Crippen LogP contribution in [0.25, 0.3) is 0 Å². The molecule has 1 heterocycles. The summed E-state index contributed by atoms with van der Waals surface area (Å²) < 4.78 is 0. The Balaban J connectivity index is 2.30. The van der Waals surface area contributed by atoms with E-state index < -0.39 is 5.97 Å². The zero-order chi connectivity index (χ0) is 12.8. The standard InChI is InChI=1S/C10H16N4O3/c1-6(3-4-8(15)16)5-11-10(17)9-12-7(2)13-14-9/h6H,3-5H2,1-2H3,(H,11,17)(H,15,16)(H,12,13,14). The monoisotopic (exact) mass is 240 g/mol. The molecule has 0 aliphatic carbocycles. The Morgan fingerprint density at radius 1 is 1.53 bits per heavy atom. The summed E-state index contributed by atoms with van der Waals surface area (Å²) >= 11 is 0. The highest BCUT2D eigenvalue weighted by Gasteiger charge is 2.12. The normalized spacial score (nSPS) is 12.1. The first-order chi connectivity index (χ1) is 7.99. The largest absolute Gasteiger partial charge is 0.481 e. The molecule has 7 heteroatoms. The van der Waals surface area contributed by atoms with Crippen LogP contribution in [0.2, 0.25) is 0 Å². The number of carboxylic acids is 1. The van der Waals surface area contributed by atoms with Gasteiger partial charge in [0.15, 0.2) is 0 Å². The highest BCUT2D eigenvalue weighted by atomic mass is 16.4. The molecule has 1 atom stereocenters. The van der Waals surface area contributed by atoms with Crippen LogP contribution in [0.1, 0.15) is 36.2 Å². The molecular formula is C10H16N4O3. The van der Waals surface area contributed by atoms with Crippen LogP contribution in [0.3, 0.4) is 0 Å². The lowest BCUT2D eigenvalue weighted by Crippen LogP contribution is -2.29. The van der Waals surface area contributed by atoms with Crippen LogP contribution >= 0.6 is 0 Å². The van der Waals surface area contributed by atoms with Crippen LogP contribution in [-0.2, 0) is 4.79 Å². The van der Waals surface area contributed by atoms with E-state index >= 15 is 0 Å². The quantitative estimate of drug-likeness (QED) is 0.664. The molecule has 17 heavy (non-hydrogen) atoms.